The Morgan fingerprint density at radius 2 is 2.10 bits per heavy atom. The van der Waals surface area contributed by atoms with Crippen LogP contribution in [0.1, 0.15) is 36.5 Å². The van der Waals surface area contributed by atoms with Crippen LogP contribution in [-0.4, -0.2) is 20.9 Å². The minimum atomic E-state index is -4.04. The molecule has 21 heavy (non-hydrogen) atoms. The summed E-state index contributed by atoms with van der Waals surface area (Å²) in [6, 6.07) is 2.89. The van der Waals surface area contributed by atoms with Crippen molar-refractivity contribution in [2.24, 2.45) is 17.0 Å². The van der Waals surface area contributed by atoms with Crippen molar-refractivity contribution in [3.63, 3.8) is 0 Å². The van der Waals surface area contributed by atoms with Gasteiger partial charge in [0.1, 0.15) is 5.82 Å². The highest BCUT2D eigenvalue weighted by Gasteiger charge is 2.24. The van der Waals surface area contributed by atoms with Crippen LogP contribution in [-0.2, 0) is 10.0 Å². The maximum absolute atomic E-state index is 13.4. The van der Waals surface area contributed by atoms with Gasteiger partial charge in [-0.1, -0.05) is 19.8 Å². The Bertz CT molecular complexity index is 646. The summed E-state index contributed by atoms with van der Waals surface area (Å²) in [6.45, 7) is 2.66. The number of sulfonamides is 1. The highest BCUT2D eigenvalue weighted by atomic mass is 32.2. The third kappa shape index (κ3) is 4.01. The summed E-state index contributed by atoms with van der Waals surface area (Å²) in [5.41, 5.74) is -0.0373. The van der Waals surface area contributed by atoms with E-state index >= 15 is 0 Å². The maximum Gasteiger partial charge on any atom is 0.251 e. The molecule has 1 aromatic carbocycles. The maximum atomic E-state index is 13.4. The van der Waals surface area contributed by atoms with Gasteiger partial charge in [-0.15, -0.1) is 0 Å². The van der Waals surface area contributed by atoms with E-state index in [4.69, 9.17) is 5.14 Å². The number of rotatable bonds is 4. The van der Waals surface area contributed by atoms with Gasteiger partial charge in [0, 0.05) is 12.1 Å². The van der Waals surface area contributed by atoms with Crippen LogP contribution in [0.5, 0.6) is 0 Å². The van der Waals surface area contributed by atoms with Crippen LogP contribution in [0, 0.1) is 17.7 Å². The van der Waals surface area contributed by atoms with Crippen LogP contribution in [0.15, 0.2) is 23.1 Å². The number of nitrogens with two attached hydrogens (primary N) is 1. The molecule has 5 nitrogen and oxygen atoms in total. The zero-order chi connectivity index (χ0) is 15.6. The van der Waals surface area contributed by atoms with E-state index in [0.29, 0.717) is 18.4 Å². The fraction of sp³-hybridized carbons (Fsp3) is 0.500. The van der Waals surface area contributed by atoms with Gasteiger partial charge in [-0.2, -0.15) is 0 Å². The van der Waals surface area contributed by atoms with Gasteiger partial charge in [0.05, 0.1) is 4.90 Å². The average Bonchev–Trinajstić information content (AvgIpc) is 2.79. The third-order valence-corrected chi connectivity index (χ3v) is 4.92. The van der Waals surface area contributed by atoms with Crippen molar-refractivity contribution in [1.29, 1.82) is 0 Å². The van der Waals surface area contributed by atoms with Gasteiger partial charge in [-0.25, -0.2) is 17.9 Å². The largest absolute Gasteiger partial charge is 0.352 e. The smallest absolute Gasteiger partial charge is 0.251 e. The van der Waals surface area contributed by atoms with Crippen LogP contribution < -0.4 is 10.5 Å². The first kappa shape index (κ1) is 15.9. The summed E-state index contributed by atoms with van der Waals surface area (Å²) in [7, 11) is -4.04. The van der Waals surface area contributed by atoms with Crippen molar-refractivity contribution < 1.29 is 17.6 Å². The summed E-state index contributed by atoms with van der Waals surface area (Å²) in [6.07, 6.45) is 3.36. The Morgan fingerprint density at radius 1 is 1.38 bits per heavy atom. The first-order valence-electron chi connectivity index (χ1n) is 6.89. The normalized spacial score (nSPS) is 22.2. The van der Waals surface area contributed by atoms with Crippen LogP contribution in [0.2, 0.25) is 0 Å². The molecule has 2 unspecified atom stereocenters. The molecule has 0 aliphatic heterocycles. The molecular formula is C14H19FN2O3S. The lowest BCUT2D eigenvalue weighted by Crippen LogP contribution is -2.30. The molecule has 0 aromatic heterocycles. The van der Waals surface area contributed by atoms with Crippen molar-refractivity contribution in [2.75, 3.05) is 6.54 Å². The number of primary sulfonamides is 1. The van der Waals surface area contributed by atoms with Crippen molar-refractivity contribution in [1.82, 2.24) is 5.32 Å². The van der Waals surface area contributed by atoms with Gasteiger partial charge in [0.25, 0.3) is 5.91 Å². The van der Waals surface area contributed by atoms with E-state index in [0.717, 1.165) is 37.5 Å². The molecule has 1 saturated carbocycles. The Kier molecular flexibility index (Phi) is 4.63. The van der Waals surface area contributed by atoms with Crippen LogP contribution in [0.25, 0.3) is 0 Å². The molecule has 7 heteroatoms. The highest BCUT2D eigenvalue weighted by molar-refractivity contribution is 7.89. The Balaban J connectivity index is 2.10. The predicted molar refractivity (Wildman–Crippen MR) is 76.6 cm³/mol. The summed E-state index contributed by atoms with van der Waals surface area (Å²) in [5.74, 6) is -0.322. The van der Waals surface area contributed by atoms with Crippen LogP contribution in [0.4, 0.5) is 4.39 Å². The fourth-order valence-electron chi connectivity index (χ4n) is 2.71. The molecule has 0 spiro atoms. The second kappa shape index (κ2) is 6.11. The van der Waals surface area contributed by atoms with Crippen molar-refractivity contribution >= 4 is 15.9 Å². The molecule has 0 heterocycles. The molecule has 2 atom stereocenters. The lowest BCUT2D eigenvalue weighted by atomic mass is 9.98. The fourth-order valence-corrected chi connectivity index (χ4v) is 3.28. The molecule has 0 saturated heterocycles. The number of benzene rings is 1. The Labute approximate surface area is 123 Å². The Morgan fingerprint density at radius 3 is 2.67 bits per heavy atom. The molecule has 2 rings (SSSR count). The second-order valence-corrected chi connectivity index (χ2v) is 7.16. The van der Waals surface area contributed by atoms with Crippen LogP contribution >= 0.6 is 0 Å². The minimum absolute atomic E-state index is 0.0373. The van der Waals surface area contributed by atoms with E-state index in [1.165, 1.54) is 0 Å². The minimum Gasteiger partial charge on any atom is -0.352 e. The number of nitrogens with one attached hydrogen (secondary N) is 1. The zero-order valence-electron chi connectivity index (χ0n) is 11.8. The average molecular weight is 314 g/mol. The first-order chi connectivity index (χ1) is 9.77. The zero-order valence-corrected chi connectivity index (χ0v) is 12.6. The molecule has 1 aliphatic rings. The predicted octanol–water partition coefficient (Wildman–Crippen LogP) is 1.64. The third-order valence-electron chi connectivity index (χ3n) is 4.03. The number of carbonyl (C=O) groups is 1. The van der Waals surface area contributed by atoms with Gasteiger partial charge in [-0.3, -0.25) is 4.79 Å². The van der Waals surface area contributed by atoms with E-state index in [2.05, 4.69) is 12.2 Å². The summed E-state index contributed by atoms with van der Waals surface area (Å²) >= 11 is 0. The lowest BCUT2D eigenvalue weighted by molar-refractivity contribution is 0.0944. The van der Waals surface area contributed by atoms with Crippen LogP contribution in [0.3, 0.4) is 0 Å². The molecular weight excluding hydrogens is 295 g/mol. The van der Waals surface area contributed by atoms with Gasteiger partial charge >= 0.3 is 0 Å². The molecule has 3 N–H and O–H groups in total. The highest BCUT2D eigenvalue weighted by Crippen LogP contribution is 2.30. The molecule has 0 radical (unpaired) electrons. The van der Waals surface area contributed by atoms with E-state index in [-0.39, 0.29) is 5.56 Å². The number of hydrogen-bond donors (Lipinski definition) is 2. The molecule has 1 aromatic rings. The van der Waals surface area contributed by atoms with E-state index in [1.54, 1.807) is 0 Å². The van der Waals surface area contributed by atoms with Gasteiger partial charge in [-0.05, 0) is 36.5 Å². The van der Waals surface area contributed by atoms with E-state index < -0.39 is 26.6 Å². The number of amides is 1. The number of carbonyl (C=O) groups excluding carboxylic acids is 1. The van der Waals surface area contributed by atoms with Crippen molar-refractivity contribution in [3.8, 4) is 0 Å². The topological polar surface area (TPSA) is 89.3 Å². The summed E-state index contributed by atoms with van der Waals surface area (Å²) in [4.78, 5) is 11.6. The number of hydrogen-bond acceptors (Lipinski definition) is 3. The van der Waals surface area contributed by atoms with Crippen molar-refractivity contribution in [3.05, 3.63) is 29.6 Å². The van der Waals surface area contributed by atoms with Crippen molar-refractivity contribution in [2.45, 2.75) is 31.1 Å². The van der Waals surface area contributed by atoms with Gasteiger partial charge < -0.3 is 5.32 Å². The molecule has 0 bridgehead atoms. The molecule has 1 aliphatic carbocycles. The lowest BCUT2D eigenvalue weighted by Gasteiger charge is -2.16. The van der Waals surface area contributed by atoms with Gasteiger partial charge in [0.15, 0.2) is 0 Å². The van der Waals surface area contributed by atoms with Gasteiger partial charge in [0.2, 0.25) is 10.0 Å². The second-order valence-electron chi connectivity index (χ2n) is 5.60. The monoisotopic (exact) mass is 314 g/mol. The number of halogens is 1. The molecule has 1 fully saturated rings. The molecule has 116 valence electrons. The standard InChI is InChI=1S/C14H19FN2O3S/c1-9-3-2-4-10(9)8-17-14(18)11-5-12(15)7-13(6-11)21(16,19)20/h5-7,9-10H,2-4,8H2,1H3,(H,17,18)(H2,16,19,20). The quantitative estimate of drug-likeness (QED) is 0.885. The summed E-state index contributed by atoms with van der Waals surface area (Å²) in [5, 5.41) is 7.70. The van der Waals surface area contributed by atoms with E-state index in [9.17, 15) is 17.6 Å². The summed E-state index contributed by atoms with van der Waals surface area (Å²) < 4.78 is 35.9. The van der Waals surface area contributed by atoms with E-state index in [1.807, 2.05) is 0 Å². The molecule has 1 amide bonds. The SMILES string of the molecule is CC1CCCC1CNC(=O)c1cc(F)cc(S(N)(=O)=O)c1. The Hall–Kier alpha value is -1.47. The first-order valence-corrected chi connectivity index (χ1v) is 8.43.